The summed E-state index contributed by atoms with van der Waals surface area (Å²) < 4.78 is 4.21. The summed E-state index contributed by atoms with van der Waals surface area (Å²) in [6.45, 7) is 3.86. The van der Waals surface area contributed by atoms with E-state index in [4.69, 9.17) is 5.73 Å². The van der Waals surface area contributed by atoms with Gasteiger partial charge in [-0.2, -0.15) is 4.37 Å². The fourth-order valence-electron chi connectivity index (χ4n) is 2.71. The van der Waals surface area contributed by atoms with Crippen LogP contribution in [0.15, 0.2) is 12.3 Å². The topological polar surface area (TPSA) is 109 Å². The van der Waals surface area contributed by atoms with Gasteiger partial charge in [-0.25, -0.2) is 9.97 Å². The molecular weight excluding hydrogens is 326 g/mol. The second-order valence-corrected chi connectivity index (χ2v) is 6.66. The Balaban J connectivity index is 1.88. The van der Waals surface area contributed by atoms with E-state index >= 15 is 0 Å². The minimum absolute atomic E-state index is 0.125. The molecular formula is C15H21N7OS. The maximum absolute atomic E-state index is 11.6. The Labute approximate surface area is 144 Å². The SMILES string of the molecule is Cc1cc(Nc2nc(N(C)C3CCCNC3)cnc2C(N)=O)sn1. The molecule has 0 aliphatic carbocycles. The van der Waals surface area contributed by atoms with E-state index in [0.717, 1.165) is 36.6 Å². The van der Waals surface area contributed by atoms with Gasteiger partial charge in [0.15, 0.2) is 11.5 Å². The molecule has 3 rings (SSSR count). The van der Waals surface area contributed by atoms with E-state index in [0.29, 0.717) is 17.7 Å². The third kappa shape index (κ3) is 3.62. The monoisotopic (exact) mass is 347 g/mol. The van der Waals surface area contributed by atoms with Crippen LogP contribution in [0, 0.1) is 6.92 Å². The van der Waals surface area contributed by atoms with Crippen molar-refractivity contribution in [2.24, 2.45) is 5.73 Å². The zero-order chi connectivity index (χ0) is 17.1. The van der Waals surface area contributed by atoms with Crippen molar-refractivity contribution in [2.45, 2.75) is 25.8 Å². The van der Waals surface area contributed by atoms with Gasteiger partial charge in [0.25, 0.3) is 5.91 Å². The van der Waals surface area contributed by atoms with Crippen molar-refractivity contribution in [3.8, 4) is 0 Å². The Morgan fingerprint density at radius 2 is 2.38 bits per heavy atom. The molecule has 128 valence electrons. The Morgan fingerprint density at radius 1 is 1.54 bits per heavy atom. The molecule has 3 heterocycles. The molecule has 9 heteroatoms. The van der Waals surface area contributed by atoms with Gasteiger partial charge in [-0.3, -0.25) is 4.79 Å². The predicted octanol–water partition coefficient (Wildman–Crippen LogP) is 1.27. The van der Waals surface area contributed by atoms with Crippen molar-refractivity contribution in [1.82, 2.24) is 19.7 Å². The van der Waals surface area contributed by atoms with Crippen molar-refractivity contribution in [3.63, 3.8) is 0 Å². The molecule has 24 heavy (non-hydrogen) atoms. The maximum Gasteiger partial charge on any atom is 0.271 e. The number of carbonyl (C=O) groups is 1. The summed E-state index contributed by atoms with van der Waals surface area (Å²) in [7, 11) is 1.99. The molecule has 1 aliphatic rings. The first-order chi connectivity index (χ1) is 11.5. The van der Waals surface area contributed by atoms with Gasteiger partial charge in [0.1, 0.15) is 10.8 Å². The first-order valence-electron chi connectivity index (χ1n) is 7.85. The predicted molar refractivity (Wildman–Crippen MR) is 95.0 cm³/mol. The molecule has 2 aromatic heterocycles. The van der Waals surface area contributed by atoms with E-state index in [2.05, 4.69) is 29.9 Å². The Bertz CT molecular complexity index is 726. The van der Waals surface area contributed by atoms with Crippen LogP contribution in [0.1, 0.15) is 29.0 Å². The maximum atomic E-state index is 11.6. The minimum atomic E-state index is -0.611. The van der Waals surface area contributed by atoms with Crippen LogP contribution in [0.25, 0.3) is 0 Å². The Kier molecular flexibility index (Phi) is 4.91. The number of piperidine rings is 1. The third-order valence-electron chi connectivity index (χ3n) is 4.04. The van der Waals surface area contributed by atoms with Crippen molar-refractivity contribution >= 4 is 34.1 Å². The highest BCUT2D eigenvalue weighted by Gasteiger charge is 2.21. The minimum Gasteiger partial charge on any atom is -0.364 e. The van der Waals surface area contributed by atoms with Crippen molar-refractivity contribution in [2.75, 3.05) is 30.4 Å². The molecule has 0 aromatic carbocycles. The van der Waals surface area contributed by atoms with Crippen molar-refractivity contribution in [3.05, 3.63) is 23.7 Å². The molecule has 1 fully saturated rings. The van der Waals surface area contributed by atoms with Crippen LogP contribution >= 0.6 is 11.5 Å². The second kappa shape index (κ2) is 7.10. The average Bonchev–Trinajstić information content (AvgIpc) is 2.99. The van der Waals surface area contributed by atoms with E-state index < -0.39 is 5.91 Å². The Hall–Kier alpha value is -2.26. The van der Waals surface area contributed by atoms with Crippen LogP contribution in [-0.4, -0.2) is 46.4 Å². The molecule has 0 spiro atoms. The van der Waals surface area contributed by atoms with Gasteiger partial charge in [-0.15, -0.1) is 0 Å². The quantitative estimate of drug-likeness (QED) is 0.747. The molecule has 0 saturated carbocycles. The molecule has 1 amide bonds. The number of nitrogens with one attached hydrogen (secondary N) is 2. The van der Waals surface area contributed by atoms with Crippen LogP contribution in [0.3, 0.4) is 0 Å². The highest BCUT2D eigenvalue weighted by Crippen LogP contribution is 2.25. The molecule has 1 atom stereocenters. The normalized spacial score (nSPS) is 17.5. The van der Waals surface area contributed by atoms with E-state index in [9.17, 15) is 4.79 Å². The van der Waals surface area contributed by atoms with E-state index in [1.807, 2.05) is 20.0 Å². The molecule has 1 unspecified atom stereocenters. The van der Waals surface area contributed by atoms with Crippen LogP contribution in [0.2, 0.25) is 0 Å². The summed E-state index contributed by atoms with van der Waals surface area (Å²) in [5.74, 6) is 0.455. The number of amides is 1. The van der Waals surface area contributed by atoms with Gasteiger partial charge in [0.05, 0.1) is 11.9 Å². The lowest BCUT2D eigenvalue weighted by Crippen LogP contribution is -2.44. The van der Waals surface area contributed by atoms with Crippen LogP contribution in [0.4, 0.5) is 16.6 Å². The summed E-state index contributed by atoms with van der Waals surface area (Å²) in [6, 6.07) is 2.24. The van der Waals surface area contributed by atoms with Gasteiger partial charge < -0.3 is 21.3 Å². The molecule has 1 saturated heterocycles. The number of aromatic nitrogens is 3. The zero-order valence-corrected chi connectivity index (χ0v) is 14.6. The van der Waals surface area contributed by atoms with Gasteiger partial charge in [-0.1, -0.05) is 0 Å². The molecule has 8 nitrogen and oxygen atoms in total. The average molecular weight is 347 g/mol. The molecule has 1 aliphatic heterocycles. The lowest BCUT2D eigenvalue weighted by atomic mass is 10.1. The van der Waals surface area contributed by atoms with E-state index in [1.54, 1.807) is 6.20 Å². The molecule has 0 radical (unpaired) electrons. The number of hydrogen-bond donors (Lipinski definition) is 3. The van der Waals surface area contributed by atoms with Gasteiger partial charge >= 0.3 is 0 Å². The lowest BCUT2D eigenvalue weighted by Gasteiger charge is -2.32. The first-order valence-corrected chi connectivity index (χ1v) is 8.62. The molecule has 4 N–H and O–H groups in total. The van der Waals surface area contributed by atoms with Crippen molar-refractivity contribution in [1.29, 1.82) is 0 Å². The summed E-state index contributed by atoms with van der Waals surface area (Å²) >= 11 is 1.30. The second-order valence-electron chi connectivity index (χ2n) is 5.86. The Morgan fingerprint density at radius 3 is 3.00 bits per heavy atom. The van der Waals surface area contributed by atoms with E-state index in [-0.39, 0.29) is 5.69 Å². The number of nitrogens with zero attached hydrogens (tertiary/aromatic N) is 4. The fraction of sp³-hybridized carbons (Fsp3) is 0.467. The molecule has 0 bridgehead atoms. The number of nitrogens with two attached hydrogens (primary N) is 1. The standard InChI is InChI=1S/C15H21N7OS/c1-9-6-12(24-21-9)20-15-13(14(16)23)18-8-11(19-15)22(2)10-4-3-5-17-7-10/h6,8,10,17H,3-5,7H2,1-2H3,(H2,16,23)(H,19,20). The third-order valence-corrected chi connectivity index (χ3v) is 4.84. The number of rotatable bonds is 5. The summed E-state index contributed by atoms with van der Waals surface area (Å²) in [5.41, 5.74) is 6.45. The van der Waals surface area contributed by atoms with Crippen molar-refractivity contribution < 1.29 is 4.79 Å². The first kappa shape index (κ1) is 16.6. The number of likely N-dealkylation sites (N-methyl/N-ethyl adjacent to an activating group) is 1. The van der Waals surface area contributed by atoms with Crippen LogP contribution in [-0.2, 0) is 0 Å². The largest absolute Gasteiger partial charge is 0.364 e. The number of anilines is 3. The van der Waals surface area contributed by atoms with Gasteiger partial charge in [-0.05, 0) is 43.9 Å². The summed E-state index contributed by atoms with van der Waals surface area (Å²) in [4.78, 5) is 22.5. The van der Waals surface area contributed by atoms with Gasteiger partial charge in [0, 0.05) is 19.6 Å². The van der Waals surface area contributed by atoms with Crippen LogP contribution < -0.4 is 21.3 Å². The summed E-state index contributed by atoms with van der Waals surface area (Å²) in [5, 5.41) is 7.29. The number of hydrogen-bond acceptors (Lipinski definition) is 8. The zero-order valence-electron chi connectivity index (χ0n) is 13.7. The smallest absolute Gasteiger partial charge is 0.271 e. The van der Waals surface area contributed by atoms with Crippen LogP contribution in [0.5, 0.6) is 0 Å². The van der Waals surface area contributed by atoms with E-state index in [1.165, 1.54) is 11.5 Å². The number of carbonyl (C=O) groups excluding carboxylic acids is 1. The summed E-state index contributed by atoms with van der Waals surface area (Å²) in [6.07, 6.45) is 3.82. The highest BCUT2D eigenvalue weighted by atomic mass is 32.1. The molecule has 2 aromatic rings. The van der Waals surface area contributed by atoms with Gasteiger partial charge in [0.2, 0.25) is 0 Å². The fourth-order valence-corrected chi connectivity index (χ4v) is 3.37. The number of aryl methyl sites for hydroxylation is 1. The lowest BCUT2D eigenvalue weighted by molar-refractivity contribution is 0.0996. The number of primary amides is 1. The highest BCUT2D eigenvalue weighted by molar-refractivity contribution is 7.10.